The molecule has 0 aliphatic carbocycles. The fourth-order valence-electron chi connectivity index (χ4n) is 9.00. The standard InChI is InChI=1S/C52H32N2O/c1-2-12-33(13-3-1)35-16-10-17-38(30-35)53-47-21-8-6-19-40(47)44-31-36(24-28-48(44)53)37-25-29-49-45(32-37)42-26-27-43-41-20-7-9-23-50(41)55-52(43)51(42)54(49)46-22-11-15-34-14-4-5-18-39(34)46/h1-32H. The summed E-state index contributed by atoms with van der Waals surface area (Å²) in [6, 6.07) is 70.2. The second kappa shape index (κ2) is 11.6. The Morgan fingerprint density at radius 1 is 0.327 bits per heavy atom. The number of hydrogen-bond donors (Lipinski definition) is 0. The zero-order chi connectivity index (χ0) is 36.0. The number of furan rings is 1. The Labute approximate surface area is 316 Å². The number of para-hydroxylation sites is 2. The average molecular weight is 701 g/mol. The van der Waals surface area contributed by atoms with Gasteiger partial charge < -0.3 is 13.6 Å². The van der Waals surface area contributed by atoms with Crippen LogP contribution in [0.4, 0.5) is 0 Å². The fourth-order valence-corrected chi connectivity index (χ4v) is 9.00. The third-order valence-electron chi connectivity index (χ3n) is 11.5. The van der Waals surface area contributed by atoms with Gasteiger partial charge in [-0.3, -0.25) is 0 Å². The molecule has 0 aliphatic heterocycles. The molecule has 3 heterocycles. The van der Waals surface area contributed by atoms with Gasteiger partial charge in [-0.15, -0.1) is 0 Å². The summed E-state index contributed by atoms with van der Waals surface area (Å²) < 4.78 is 11.5. The molecule has 3 aromatic heterocycles. The monoisotopic (exact) mass is 700 g/mol. The fraction of sp³-hybridized carbons (Fsp3) is 0. The van der Waals surface area contributed by atoms with Crippen LogP contribution in [-0.2, 0) is 0 Å². The number of rotatable bonds is 4. The molecule has 0 aliphatic rings. The summed E-state index contributed by atoms with van der Waals surface area (Å²) in [5, 5.41) is 9.53. The number of hydrogen-bond acceptors (Lipinski definition) is 1. The number of aromatic nitrogens is 2. The van der Waals surface area contributed by atoms with Gasteiger partial charge >= 0.3 is 0 Å². The minimum absolute atomic E-state index is 0.902. The lowest BCUT2D eigenvalue weighted by Crippen LogP contribution is -1.95. The summed E-state index contributed by atoms with van der Waals surface area (Å²) in [4.78, 5) is 0. The molecule has 0 fully saturated rings. The van der Waals surface area contributed by atoms with E-state index in [1.54, 1.807) is 0 Å². The van der Waals surface area contributed by atoms with E-state index in [2.05, 4.69) is 197 Å². The predicted octanol–water partition coefficient (Wildman–Crippen LogP) is 14.3. The highest BCUT2D eigenvalue weighted by atomic mass is 16.3. The average Bonchev–Trinajstić information content (AvgIpc) is 3.91. The van der Waals surface area contributed by atoms with Gasteiger partial charge in [0.25, 0.3) is 0 Å². The second-order valence-corrected chi connectivity index (χ2v) is 14.5. The second-order valence-electron chi connectivity index (χ2n) is 14.5. The molecule has 0 unspecified atom stereocenters. The van der Waals surface area contributed by atoms with Crippen molar-refractivity contribution in [2.24, 2.45) is 0 Å². The van der Waals surface area contributed by atoms with E-state index in [9.17, 15) is 0 Å². The van der Waals surface area contributed by atoms with E-state index < -0.39 is 0 Å². The van der Waals surface area contributed by atoms with Crippen LogP contribution in [0.3, 0.4) is 0 Å². The Kier molecular flexibility index (Phi) is 6.34. The van der Waals surface area contributed by atoms with E-state index in [4.69, 9.17) is 4.42 Å². The molecule has 0 saturated heterocycles. The van der Waals surface area contributed by atoms with E-state index in [1.807, 2.05) is 6.07 Å². The molecule has 256 valence electrons. The van der Waals surface area contributed by atoms with E-state index in [0.717, 1.165) is 44.3 Å². The van der Waals surface area contributed by atoms with Crippen LogP contribution < -0.4 is 0 Å². The maximum absolute atomic E-state index is 6.72. The van der Waals surface area contributed by atoms with Crippen LogP contribution in [-0.4, -0.2) is 9.13 Å². The Morgan fingerprint density at radius 3 is 1.78 bits per heavy atom. The molecule has 0 radical (unpaired) electrons. The van der Waals surface area contributed by atoms with Crippen molar-refractivity contribution in [1.29, 1.82) is 0 Å². The lowest BCUT2D eigenvalue weighted by atomic mass is 10.0. The molecule has 55 heavy (non-hydrogen) atoms. The molecule has 0 bridgehead atoms. The van der Waals surface area contributed by atoms with Crippen molar-refractivity contribution in [3.63, 3.8) is 0 Å². The van der Waals surface area contributed by atoms with Crippen LogP contribution in [0.2, 0.25) is 0 Å². The van der Waals surface area contributed by atoms with Gasteiger partial charge in [-0.2, -0.15) is 0 Å². The zero-order valence-corrected chi connectivity index (χ0v) is 29.8. The molecule has 0 atom stereocenters. The molecule has 0 saturated carbocycles. The summed E-state index contributed by atoms with van der Waals surface area (Å²) in [5.74, 6) is 0. The first-order valence-corrected chi connectivity index (χ1v) is 18.8. The largest absolute Gasteiger partial charge is 0.454 e. The van der Waals surface area contributed by atoms with Gasteiger partial charge in [0.15, 0.2) is 5.58 Å². The highest BCUT2D eigenvalue weighted by Gasteiger charge is 2.21. The molecule has 9 aromatic carbocycles. The number of benzene rings is 9. The first-order valence-electron chi connectivity index (χ1n) is 18.8. The van der Waals surface area contributed by atoms with E-state index >= 15 is 0 Å². The van der Waals surface area contributed by atoms with E-state index in [-0.39, 0.29) is 0 Å². The maximum Gasteiger partial charge on any atom is 0.160 e. The van der Waals surface area contributed by atoms with Crippen LogP contribution in [0.15, 0.2) is 199 Å². The smallest absolute Gasteiger partial charge is 0.160 e. The molecule has 3 nitrogen and oxygen atoms in total. The summed E-state index contributed by atoms with van der Waals surface area (Å²) in [7, 11) is 0. The van der Waals surface area contributed by atoms with Gasteiger partial charge in [-0.05, 0) is 88.3 Å². The van der Waals surface area contributed by atoms with Gasteiger partial charge in [-0.25, -0.2) is 0 Å². The summed E-state index contributed by atoms with van der Waals surface area (Å²) >= 11 is 0. The normalized spacial score (nSPS) is 12.0. The summed E-state index contributed by atoms with van der Waals surface area (Å²) in [5.41, 5.74) is 13.5. The van der Waals surface area contributed by atoms with Crippen molar-refractivity contribution in [2.45, 2.75) is 0 Å². The topological polar surface area (TPSA) is 23.0 Å². The SMILES string of the molecule is c1ccc(-c2cccc(-n3c4ccccc4c4cc(-c5ccc6c(c5)c5ccc7c8ccccc8oc7c5n6-c5cccc6ccccc56)ccc43)c2)cc1. The Bertz CT molecular complexity index is 3480. The summed E-state index contributed by atoms with van der Waals surface area (Å²) in [6.45, 7) is 0. The van der Waals surface area contributed by atoms with Crippen LogP contribution in [0.25, 0.3) is 110 Å². The first kappa shape index (κ1) is 30.1. The highest BCUT2D eigenvalue weighted by molar-refractivity contribution is 6.22. The number of nitrogens with zero attached hydrogens (tertiary/aromatic N) is 2. The van der Waals surface area contributed by atoms with Gasteiger partial charge in [0, 0.05) is 43.4 Å². The predicted molar refractivity (Wildman–Crippen MR) is 231 cm³/mol. The molecule has 12 aromatic rings. The minimum Gasteiger partial charge on any atom is -0.454 e. The van der Waals surface area contributed by atoms with Crippen molar-refractivity contribution >= 4 is 76.3 Å². The lowest BCUT2D eigenvalue weighted by Gasteiger charge is -2.12. The van der Waals surface area contributed by atoms with Gasteiger partial charge in [0.2, 0.25) is 0 Å². The first-order chi connectivity index (χ1) is 27.3. The van der Waals surface area contributed by atoms with Crippen molar-refractivity contribution < 1.29 is 4.42 Å². The van der Waals surface area contributed by atoms with Crippen LogP contribution >= 0.6 is 0 Å². The van der Waals surface area contributed by atoms with Gasteiger partial charge in [-0.1, -0.05) is 133 Å². The third kappa shape index (κ3) is 4.44. The quantitative estimate of drug-likeness (QED) is 0.179. The summed E-state index contributed by atoms with van der Waals surface area (Å²) in [6.07, 6.45) is 0. The lowest BCUT2D eigenvalue weighted by molar-refractivity contribution is 0.671. The molecular formula is C52H32N2O. The van der Waals surface area contributed by atoms with Crippen LogP contribution in [0, 0.1) is 0 Å². The Balaban J connectivity index is 1.09. The van der Waals surface area contributed by atoms with E-state index in [1.165, 1.54) is 65.6 Å². The zero-order valence-electron chi connectivity index (χ0n) is 29.8. The Morgan fingerprint density at radius 2 is 0.927 bits per heavy atom. The molecular weight excluding hydrogens is 669 g/mol. The van der Waals surface area contributed by atoms with Crippen molar-refractivity contribution in [3.8, 4) is 33.6 Å². The van der Waals surface area contributed by atoms with E-state index in [0.29, 0.717) is 0 Å². The van der Waals surface area contributed by atoms with Crippen molar-refractivity contribution in [1.82, 2.24) is 9.13 Å². The number of fused-ring (bicyclic) bond motifs is 11. The van der Waals surface area contributed by atoms with Gasteiger partial charge in [0.05, 0.1) is 27.8 Å². The molecule has 3 heteroatoms. The third-order valence-corrected chi connectivity index (χ3v) is 11.5. The van der Waals surface area contributed by atoms with Gasteiger partial charge in [0.1, 0.15) is 5.58 Å². The maximum atomic E-state index is 6.72. The van der Waals surface area contributed by atoms with Crippen molar-refractivity contribution in [2.75, 3.05) is 0 Å². The van der Waals surface area contributed by atoms with Crippen LogP contribution in [0.5, 0.6) is 0 Å². The minimum atomic E-state index is 0.902. The highest BCUT2D eigenvalue weighted by Crippen LogP contribution is 2.43. The molecule has 12 rings (SSSR count). The molecule has 0 spiro atoms. The molecule has 0 amide bonds. The van der Waals surface area contributed by atoms with Crippen molar-refractivity contribution in [3.05, 3.63) is 194 Å². The molecule has 0 N–H and O–H groups in total. The Hall–Kier alpha value is -7.36. The van der Waals surface area contributed by atoms with Crippen LogP contribution in [0.1, 0.15) is 0 Å².